The summed E-state index contributed by atoms with van der Waals surface area (Å²) >= 11 is 4.93. The van der Waals surface area contributed by atoms with Crippen LogP contribution in [-0.2, 0) is 20.1 Å². The summed E-state index contributed by atoms with van der Waals surface area (Å²) in [6.07, 6.45) is 0. The highest BCUT2D eigenvalue weighted by molar-refractivity contribution is 7.89. The van der Waals surface area contributed by atoms with Gasteiger partial charge in [-0.25, -0.2) is 13.6 Å². The zero-order chi connectivity index (χ0) is 14.4. The Kier molecular flexibility index (Phi) is 3.27. The van der Waals surface area contributed by atoms with Gasteiger partial charge in [0.2, 0.25) is 10.0 Å². The summed E-state index contributed by atoms with van der Waals surface area (Å²) in [6, 6.07) is 6.33. The zero-order valence-electron chi connectivity index (χ0n) is 9.27. The highest BCUT2D eigenvalue weighted by Gasteiger charge is 2.19. The van der Waals surface area contributed by atoms with Crippen LogP contribution in [0.2, 0.25) is 0 Å². The molecule has 0 saturated heterocycles. The van der Waals surface area contributed by atoms with E-state index < -0.39 is 29.9 Å². The van der Waals surface area contributed by atoms with E-state index in [1.54, 1.807) is 0 Å². The first kappa shape index (κ1) is 14.2. The fourth-order valence-corrected chi connectivity index (χ4v) is 3.24. The Balaban J connectivity index is 3.01. The molecule has 0 heterocycles. The molecule has 0 aliphatic carbocycles. The Bertz CT molecular complexity index is 871. The maximum absolute atomic E-state index is 11.5. The number of nitrogens with two attached hydrogens (primary N) is 1. The van der Waals surface area contributed by atoms with Crippen LogP contribution >= 0.6 is 12.6 Å². The molecule has 0 bridgehead atoms. The molecule has 0 saturated carbocycles. The molecule has 0 spiro atoms. The number of rotatable bonds is 2. The van der Waals surface area contributed by atoms with Gasteiger partial charge in [0.05, 0.1) is 9.79 Å². The minimum atomic E-state index is -4.53. The third-order valence-electron chi connectivity index (χ3n) is 2.47. The molecule has 0 atom stereocenters. The summed E-state index contributed by atoms with van der Waals surface area (Å²) in [7, 11) is -8.68. The van der Waals surface area contributed by atoms with Crippen molar-refractivity contribution in [3.05, 3.63) is 30.3 Å². The summed E-state index contributed by atoms with van der Waals surface area (Å²) in [5.41, 5.74) is 0. The van der Waals surface area contributed by atoms with Crippen LogP contribution in [0.15, 0.2) is 45.0 Å². The van der Waals surface area contributed by atoms with Crippen molar-refractivity contribution in [3.63, 3.8) is 0 Å². The topological polar surface area (TPSA) is 115 Å². The van der Waals surface area contributed by atoms with Crippen LogP contribution in [0, 0.1) is 0 Å². The van der Waals surface area contributed by atoms with E-state index >= 15 is 0 Å². The summed E-state index contributed by atoms with van der Waals surface area (Å²) in [5.74, 6) is 0. The van der Waals surface area contributed by atoms with Gasteiger partial charge in [-0.15, -0.1) is 0 Å². The van der Waals surface area contributed by atoms with E-state index in [0.717, 1.165) is 12.1 Å². The third-order valence-corrected chi connectivity index (χ3v) is 4.50. The lowest BCUT2D eigenvalue weighted by molar-refractivity contribution is 0.483. The molecular formula is C10H8NO5S3. The first-order valence-corrected chi connectivity index (χ1v) is 8.23. The SMILES string of the molecule is NS(=O)(=O)c1cc(S(=O)(=O)O)cc2ccc([S])cc12. The van der Waals surface area contributed by atoms with Gasteiger partial charge in [0.1, 0.15) is 0 Å². The number of fused-ring (bicyclic) bond motifs is 1. The first-order valence-electron chi connectivity index (χ1n) is 4.84. The molecule has 0 aliphatic rings. The average Bonchev–Trinajstić information content (AvgIpc) is 2.24. The molecular weight excluding hydrogens is 310 g/mol. The van der Waals surface area contributed by atoms with Crippen LogP contribution in [0.3, 0.4) is 0 Å². The second-order valence-electron chi connectivity index (χ2n) is 3.82. The molecule has 3 N–H and O–H groups in total. The molecule has 2 rings (SSSR count). The fraction of sp³-hybridized carbons (Fsp3) is 0. The maximum Gasteiger partial charge on any atom is 0.294 e. The normalized spacial score (nSPS) is 12.7. The monoisotopic (exact) mass is 318 g/mol. The molecule has 2 aromatic carbocycles. The lowest BCUT2D eigenvalue weighted by atomic mass is 10.1. The molecule has 0 amide bonds. The number of sulfonamides is 1. The van der Waals surface area contributed by atoms with E-state index in [9.17, 15) is 16.8 Å². The molecule has 9 heteroatoms. The summed E-state index contributed by atoms with van der Waals surface area (Å²) in [6.45, 7) is 0. The Morgan fingerprint density at radius 1 is 1.05 bits per heavy atom. The second kappa shape index (κ2) is 4.39. The Labute approximate surface area is 115 Å². The number of primary sulfonamides is 1. The van der Waals surface area contributed by atoms with Crippen molar-refractivity contribution in [2.45, 2.75) is 14.7 Å². The predicted octanol–water partition coefficient (Wildman–Crippen LogP) is 1.29. The standard InChI is InChI=1S/C10H8NO5S3/c11-18(12,13)10-5-8(19(14,15)16)3-6-1-2-7(17)4-9(6)10/h1-5H,(H2,11,12,13)(H,14,15,16). The molecule has 0 aliphatic heterocycles. The number of hydrogen-bond acceptors (Lipinski definition) is 4. The smallest absolute Gasteiger partial charge is 0.282 e. The minimum absolute atomic E-state index is 0.211. The van der Waals surface area contributed by atoms with E-state index in [0.29, 0.717) is 10.3 Å². The largest absolute Gasteiger partial charge is 0.294 e. The van der Waals surface area contributed by atoms with E-state index in [4.69, 9.17) is 22.3 Å². The van der Waals surface area contributed by atoms with Gasteiger partial charge in [0, 0.05) is 10.3 Å². The van der Waals surface area contributed by atoms with Crippen LogP contribution in [-0.4, -0.2) is 21.4 Å². The zero-order valence-corrected chi connectivity index (χ0v) is 11.7. The van der Waals surface area contributed by atoms with Crippen molar-refractivity contribution >= 4 is 43.5 Å². The molecule has 0 fully saturated rings. The van der Waals surface area contributed by atoms with E-state index in [1.165, 1.54) is 18.2 Å². The van der Waals surface area contributed by atoms with Gasteiger partial charge in [0.25, 0.3) is 10.1 Å². The van der Waals surface area contributed by atoms with Crippen molar-refractivity contribution in [1.29, 1.82) is 0 Å². The molecule has 1 radical (unpaired) electrons. The van der Waals surface area contributed by atoms with Gasteiger partial charge in [-0.3, -0.25) is 4.55 Å². The van der Waals surface area contributed by atoms with Gasteiger partial charge in [-0.05, 0) is 29.7 Å². The second-order valence-corrected chi connectivity index (χ2v) is 7.25. The third kappa shape index (κ3) is 2.85. The molecule has 0 unspecified atom stereocenters. The van der Waals surface area contributed by atoms with Gasteiger partial charge in [0.15, 0.2) is 0 Å². The molecule has 2 aromatic rings. The lowest BCUT2D eigenvalue weighted by Gasteiger charge is -2.07. The summed E-state index contributed by atoms with van der Waals surface area (Å²) in [5, 5.41) is 5.56. The van der Waals surface area contributed by atoms with Crippen molar-refractivity contribution in [3.8, 4) is 0 Å². The van der Waals surface area contributed by atoms with Crippen molar-refractivity contribution in [1.82, 2.24) is 0 Å². The Morgan fingerprint density at radius 2 is 1.68 bits per heavy atom. The summed E-state index contributed by atoms with van der Waals surface area (Å²) in [4.78, 5) is -0.553. The highest BCUT2D eigenvalue weighted by atomic mass is 32.2. The van der Waals surface area contributed by atoms with Crippen LogP contribution in [0.4, 0.5) is 0 Å². The Morgan fingerprint density at radius 3 is 2.21 bits per heavy atom. The molecule has 0 aromatic heterocycles. The lowest BCUT2D eigenvalue weighted by Crippen LogP contribution is -2.13. The van der Waals surface area contributed by atoms with Crippen molar-refractivity contribution in [2.24, 2.45) is 5.14 Å². The summed E-state index contributed by atoms with van der Waals surface area (Å²) < 4.78 is 54.3. The van der Waals surface area contributed by atoms with Crippen LogP contribution < -0.4 is 5.14 Å². The molecule has 6 nitrogen and oxygen atoms in total. The van der Waals surface area contributed by atoms with E-state index in [-0.39, 0.29) is 5.39 Å². The van der Waals surface area contributed by atoms with Crippen molar-refractivity contribution < 1.29 is 21.4 Å². The minimum Gasteiger partial charge on any atom is -0.282 e. The molecule has 19 heavy (non-hydrogen) atoms. The number of hydrogen-bond donors (Lipinski definition) is 2. The van der Waals surface area contributed by atoms with Gasteiger partial charge < -0.3 is 0 Å². The van der Waals surface area contributed by atoms with Gasteiger partial charge >= 0.3 is 0 Å². The van der Waals surface area contributed by atoms with E-state index in [2.05, 4.69) is 0 Å². The van der Waals surface area contributed by atoms with E-state index in [1.807, 2.05) is 0 Å². The van der Waals surface area contributed by atoms with Gasteiger partial charge in [-0.1, -0.05) is 18.7 Å². The van der Waals surface area contributed by atoms with Gasteiger partial charge in [-0.2, -0.15) is 8.42 Å². The van der Waals surface area contributed by atoms with Crippen LogP contribution in [0.5, 0.6) is 0 Å². The fourth-order valence-electron chi connectivity index (χ4n) is 1.66. The quantitative estimate of drug-likeness (QED) is 0.810. The number of benzene rings is 2. The van der Waals surface area contributed by atoms with Crippen LogP contribution in [0.25, 0.3) is 10.8 Å². The Hall–Kier alpha value is -1.26. The van der Waals surface area contributed by atoms with Crippen molar-refractivity contribution in [2.75, 3.05) is 0 Å². The molecule has 101 valence electrons. The average molecular weight is 318 g/mol. The maximum atomic E-state index is 11.5. The predicted molar refractivity (Wildman–Crippen MR) is 71.0 cm³/mol. The highest BCUT2D eigenvalue weighted by Crippen LogP contribution is 2.28. The van der Waals surface area contributed by atoms with Crippen LogP contribution in [0.1, 0.15) is 0 Å². The first-order chi connectivity index (χ1) is 8.59.